The Kier molecular flexibility index (Phi) is 6.21. The predicted molar refractivity (Wildman–Crippen MR) is 77.1 cm³/mol. The zero-order valence-electron chi connectivity index (χ0n) is 12.5. The van der Waals surface area contributed by atoms with Crippen LogP contribution in [0.5, 0.6) is 5.88 Å². The van der Waals surface area contributed by atoms with E-state index in [4.69, 9.17) is 9.84 Å². The molecule has 1 atom stereocenters. The van der Waals surface area contributed by atoms with Crippen LogP contribution in [-0.2, 0) is 4.79 Å². The van der Waals surface area contributed by atoms with E-state index in [1.165, 1.54) is 0 Å². The minimum absolute atomic E-state index is 0.0315. The first-order chi connectivity index (χ1) is 9.42. The van der Waals surface area contributed by atoms with E-state index in [0.29, 0.717) is 24.8 Å². The van der Waals surface area contributed by atoms with Crippen LogP contribution in [0.3, 0.4) is 0 Å². The maximum absolute atomic E-state index is 11.1. The van der Waals surface area contributed by atoms with Crippen molar-refractivity contribution in [3.8, 4) is 5.88 Å². The van der Waals surface area contributed by atoms with Crippen LogP contribution in [0.25, 0.3) is 0 Å². The Morgan fingerprint density at radius 3 is 2.70 bits per heavy atom. The van der Waals surface area contributed by atoms with Crippen LogP contribution in [0.4, 0.5) is 5.95 Å². The Hall–Kier alpha value is -1.85. The highest BCUT2D eigenvalue weighted by Gasteiger charge is 2.16. The molecule has 2 N–H and O–H groups in total. The number of anilines is 1. The summed E-state index contributed by atoms with van der Waals surface area (Å²) in [6.45, 7) is 7.97. The Morgan fingerprint density at radius 2 is 2.15 bits per heavy atom. The Bertz CT molecular complexity index is 449. The number of nitrogens with zero attached hydrogens (tertiary/aromatic N) is 2. The number of carboxylic acids is 1. The van der Waals surface area contributed by atoms with Gasteiger partial charge in [-0.15, -0.1) is 0 Å². The number of hydrogen-bond donors (Lipinski definition) is 2. The number of nitrogens with one attached hydrogen (secondary N) is 1. The minimum Gasteiger partial charge on any atom is -0.481 e. The molecule has 0 fully saturated rings. The highest BCUT2D eigenvalue weighted by atomic mass is 16.5. The predicted octanol–water partition coefficient (Wildman–Crippen LogP) is 2.49. The summed E-state index contributed by atoms with van der Waals surface area (Å²) < 4.78 is 5.53. The zero-order valence-corrected chi connectivity index (χ0v) is 12.5. The second-order valence-electron chi connectivity index (χ2n) is 5.04. The molecule has 1 rings (SSSR count). The first-order valence-electron chi connectivity index (χ1n) is 6.91. The van der Waals surface area contributed by atoms with Crippen LogP contribution >= 0.6 is 0 Å². The van der Waals surface area contributed by atoms with Gasteiger partial charge in [0.1, 0.15) is 0 Å². The first kappa shape index (κ1) is 16.2. The fourth-order valence-corrected chi connectivity index (χ4v) is 1.80. The molecule has 1 aromatic rings. The average Bonchev–Trinajstić information content (AvgIpc) is 2.32. The third-order valence-corrected chi connectivity index (χ3v) is 2.68. The molecule has 0 aliphatic rings. The third-order valence-electron chi connectivity index (χ3n) is 2.68. The summed E-state index contributed by atoms with van der Waals surface area (Å²) in [7, 11) is 0. The number of ether oxygens (including phenoxy) is 1. The minimum atomic E-state index is -0.800. The van der Waals surface area contributed by atoms with E-state index in [9.17, 15) is 4.79 Å². The summed E-state index contributed by atoms with van der Waals surface area (Å²) in [4.78, 5) is 19.5. The number of aliphatic carboxylic acids is 1. The van der Waals surface area contributed by atoms with Crippen molar-refractivity contribution in [3.05, 3.63) is 11.8 Å². The number of hydrogen-bond acceptors (Lipinski definition) is 5. The lowest BCUT2D eigenvalue weighted by Gasteiger charge is -2.14. The lowest BCUT2D eigenvalue weighted by molar-refractivity contribution is -0.141. The zero-order chi connectivity index (χ0) is 15.1. The van der Waals surface area contributed by atoms with Gasteiger partial charge in [0.05, 0.1) is 12.0 Å². The summed E-state index contributed by atoms with van der Waals surface area (Å²) >= 11 is 0. The number of carbonyl (C=O) groups is 1. The second-order valence-corrected chi connectivity index (χ2v) is 5.04. The number of aromatic nitrogens is 2. The SMILES string of the molecule is CCCC(CNc1nc(C)cc(OC(C)C)n1)C(=O)O. The molecule has 0 saturated carbocycles. The van der Waals surface area contributed by atoms with Crippen molar-refractivity contribution in [3.63, 3.8) is 0 Å². The normalized spacial score (nSPS) is 12.2. The summed E-state index contributed by atoms with van der Waals surface area (Å²) in [6.07, 6.45) is 1.49. The topological polar surface area (TPSA) is 84.3 Å². The molecule has 0 aromatic carbocycles. The molecule has 0 spiro atoms. The Balaban J connectivity index is 2.71. The van der Waals surface area contributed by atoms with Gasteiger partial charge in [-0.2, -0.15) is 4.98 Å². The van der Waals surface area contributed by atoms with Gasteiger partial charge in [0, 0.05) is 18.3 Å². The van der Waals surface area contributed by atoms with Gasteiger partial charge in [-0.1, -0.05) is 13.3 Å². The van der Waals surface area contributed by atoms with Crippen molar-refractivity contribution in [1.29, 1.82) is 0 Å². The molecular weight excluding hydrogens is 258 g/mol. The number of carboxylic acid groups (broad SMARTS) is 1. The first-order valence-corrected chi connectivity index (χ1v) is 6.91. The molecule has 6 heteroatoms. The largest absolute Gasteiger partial charge is 0.481 e. The quantitative estimate of drug-likeness (QED) is 0.761. The molecule has 1 unspecified atom stereocenters. The standard InChI is InChI=1S/C14H23N3O3/c1-5-6-11(13(18)19)8-15-14-16-10(4)7-12(17-14)20-9(2)3/h7,9,11H,5-6,8H2,1-4H3,(H,18,19)(H,15,16,17). The average molecular weight is 281 g/mol. The van der Waals surface area contributed by atoms with Gasteiger partial charge in [-0.05, 0) is 27.2 Å². The molecule has 0 aliphatic heterocycles. The molecule has 0 bridgehead atoms. The van der Waals surface area contributed by atoms with E-state index in [1.807, 2.05) is 27.7 Å². The van der Waals surface area contributed by atoms with Gasteiger partial charge in [0.15, 0.2) is 0 Å². The van der Waals surface area contributed by atoms with E-state index < -0.39 is 11.9 Å². The molecule has 0 saturated heterocycles. The van der Waals surface area contributed by atoms with E-state index in [-0.39, 0.29) is 6.10 Å². The Morgan fingerprint density at radius 1 is 1.45 bits per heavy atom. The van der Waals surface area contributed by atoms with Crippen LogP contribution < -0.4 is 10.1 Å². The monoisotopic (exact) mass is 281 g/mol. The summed E-state index contributed by atoms with van der Waals surface area (Å²) in [5.41, 5.74) is 0.778. The lowest BCUT2D eigenvalue weighted by atomic mass is 10.0. The molecule has 0 radical (unpaired) electrons. The van der Waals surface area contributed by atoms with Crippen molar-refractivity contribution in [2.24, 2.45) is 5.92 Å². The van der Waals surface area contributed by atoms with E-state index in [1.54, 1.807) is 6.07 Å². The highest BCUT2D eigenvalue weighted by Crippen LogP contribution is 2.14. The van der Waals surface area contributed by atoms with Crippen molar-refractivity contribution < 1.29 is 14.6 Å². The van der Waals surface area contributed by atoms with Crippen molar-refractivity contribution >= 4 is 11.9 Å². The molecule has 0 aliphatic carbocycles. The van der Waals surface area contributed by atoms with E-state index in [0.717, 1.165) is 12.1 Å². The van der Waals surface area contributed by atoms with Gasteiger partial charge >= 0.3 is 5.97 Å². The maximum atomic E-state index is 11.1. The molecule has 1 heterocycles. The van der Waals surface area contributed by atoms with Gasteiger partial charge in [0.2, 0.25) is 11.8 Å². The van der Waals surface area contributed by atoms with Crippen molar-refractivity contribution in [2.45, 2.75) is 46.6 Å². The van der Waals surface area contributed by atoms with Gasteiger partial charge in [0.25, 0.3) is 0 Å². The maximum Gasteiger partial charge on any atom is 0.308 e. The fraction of sp³-hybridized carbons (Fsp3) is 0.643. The smallest absolute Gasteiger partial charge is 0.308 e. The summed E-state index contributed by atoms with van der Waals surface area (Å²) in [6, 6.07) is 1.76. The van der Waals surface area contributed by atoms with Crippen LogP contribution in [-0.4, -0.2) is 33.7 Å². The van der Waals surface area contributed by atoms with Crippen LogP contribution in [0.2, 0.25) is 0 Å². The molecule has 112 valence electrons. The molecule has 6 nitrogen and oxygen atoms in total. The number of rotatable bonds is 8. The van der Waals surface area contributed by atoms with Crippen LogP contribution in [0.1, 0.15) is 39.3 Å². The highest BCUT2D eigenvalue weighted by molar-refractivity contribution is 5.70. The fourth-order valence-electron chi connectivity index (χ4n) is 1.80. The number of aryl methyl sites for hydroxylation is 1. The van der Waals surface area contributed by atoms with Crippen LogP contribution in [0.15, 0.2) is 6.07 Å². The lowest BCUT2D eigenvalue weighted by Crippen LogP contribution is -2.23. The van der Waals surface area contributed by atoms with Gasteiger partial charge in [-0.25, -0.2) is 4.98 Å². The summed E-state index contributed by atoms with van der Waals surface area (Å²) in [5, 5.41) is 12.1. The van der Waals surface area contributed by atoms with Crippen molar-refractivity contribution in [2.75, 3.05) is 11.9 Å². The molecule has 1 aromatic heterocycles. The van der Waals surface area contributed by atoms with E-state index in [2.05, 4.69) is 15.3 Å². The van der Waals surface area contributed by atoms with Crippen LogP contribution in [0, 0.1) is 12.8 Å². The second kappa shape index (κ2) is 7.67. The molecular formula is C14H23N3O3. The van der Waals surface area contributed by atoms with Crippen molar-refractivity contribution in [1.82, 2.24) is 9.97 Å². The molecule has 0 amide bonds. The third kappa shape index (κ3) is 5.42. The Labute approximate surface area is 119 Å². The summed E-state index contributed by atoms with van der Waals surface area (Å²) in [5.74, 6) is -0.329. The van der Waals surface area contributed by atoms with E-state index >= 15 is 0 Å². The van der Waals surface area contributed by atoms with Gasteiger partial charge in [-0.3, -0.25) is 4.79 Å². The molecule has 20 heavy (non-hydrogen) atoms. The van der Waals surface area contributed by atoms with Gasteiger partial charge < -0.3 is 15.2 Å².